The third-order valence-electron chi connectivity index (χ3n) is 4.44. The quantitative estimate of drug-likeness (QED) is 0.422. The van der Waals surface area contributed by atoms with Crippen molar-refractivity contribution in [3.8, 4) is 0 Å². The van der Waals surface area contributed by atoms with Crippen LogP contribution in [0, 0.1) is 18.3 Å². The zero-order valence-corrected chi connectivity index (χ0v) is 16.0. The minimum absolute atomic E-state index is 0.433. The summed E-state index contributed by atoms with van der Waals surface area (Å²) in [7, 11) is 0. The molecule has 0 spiro atoms. The second-order valence-electron chi connectivity index (χ2n) is 6.98. The monoisotopic (exact) mass is 311 g/mol. The molecule has 0 aliphatic carbocycles. The molecule has 0 radical (unpaired) electrons. The van der Waals surface area contributed by atoms with Gasteiger partial charge in [-0.1, -0.05) is 69.2 Å². The maximum Gasteiger partial charge on any atom is 0.0643 e. The highest BCUT2D eigenvalue weighted by Gasteiger charge is 2.15. The predicted octanol–water partition coefficient (Wildman–Crippen LogP) is 6.82. The topological polar surface area (TPSA) is 23.9 Å². The maximum absolute atomic E-state index is 8.72. The van der Waals surface area contributed by atoms with E-state index in [1.54, 1.807) is 0 Å². The summed E-state index contributed by atoms with van der Waals surface area (Å²) in [6.45, 7) is 15.2. The van der Waals surface area contributed by atoms with Crippen LogP contribution in [0.5, 0.6) is 0 Å². The first kappa shape index (κ1) is 19.4. The van der Waals surface area contributed by atoms with E-state index in [4.69, 9.17) is 5.41 Å². The lowest BCUT2D eigenvalue weighted by molar-refractivity contribution is 0.720. The molecule has 0 amide bonds. The van der Waals surface area contributed by atoms with Crippen LogP contribution in [0.2, 0.25) is 0 Å². The molecule has 1 aromatic carbocycles. The molecule has 126 valence electrons. The fraction of sp³-hybridized carbons (Fsp3) is 0.500. The fourth-order valence-electron chi connectivity index (χ4n) is 2.93. The van der Waals surface area contributed by atoms with Crippen molar-refractivity contribution in [3.05, 3.63) is 58.2 Å². The van der Waals surface area contributed by atoms with Crippen LogP contribution in [0.3, 0.4) is 0 Å². The van der Waals surface area contributed by atoms with E-state index in [-0.39, 0.29) is 0 Å². The molecule has 23 heavy (non-hydrogen) atoms. The number of rotatable bonds is 7. The van der Waals surface area contributed by atoms with Crippen LogP contribution in [0.15, 0.2) is 41.5 Å². The van der Waals surface area contributed by atoms with E-state index in [0.29, 0.717) is 17.5 Å². The van der Waals surface area contributed by atoms with Gasteiger partial charge in [0.1, 0.15) is 0 Å². The number of aryl methyl sites for hydroxylation is 1. The zero-order chi connectivity index (χ0) is 17.6. The number of allylic oxidation sites excluding steroid dienone is 4. The Kier molecular flexibility index (Phi) is 7.48. The molecule has 1 rings (SSSR count). The summed E-state index contributed by atoms with van der Waals surface area (Å²) in [5, 5.41) is 8.72. The van der Waals surface area contributed by atoms with Crippen LogP contribution in [0.4, 0.5) is 0 Å². The summed E-state index contributed by atoms with van der Waals surface area (Å²) in [5.74, 6) is 0.900. The smallest absolute Gasteiger partial charge is 0.0643 e. The van der Waals surface area contributed by atoms with Gasteiger partial charge >= 0.3 is 0 Å². The normalized spacial score (nSPS) is 14.3. The molecule has 1 heteroatoms. The summed E-state index contributed by atoms with van der Waals surface area (Å²) < 4.78 is 0. The average molecular weight is 312 g/mol. The van der Waals surface area contributed by atoms with Gasteiger partial charge in [-0.2, -0.15) is 0 Å². The molecule has 0 heterocycles. The lowest BCUT2D eigenvalue weighted by atomic mass is 9.87. The van der Waals surface area contributed by atoms with Gasteiger partial charge in [-0.15, -0.1) is 0 Å². The van der Waals surface area contributed by atoms with Gasteiger partial charge < -0.3 is 0 Å². The van der Waals surface area contributed by atoms with Crippen LogP contribution in [-0.4, -0.2) is 5.71 Å². The summed E-state index contributed by atoms with van der Waals surface area (Å²) >= 11 is 0. The molecule has 1 atom stereocenters. The molecular weight excluding hydrogens is 278 g/mol. The van der Waals surface area contributed by atoms with Gasteiger partial charge in [0.2, 0.25) is 0 Å². The molecule has 0 fully saturated rings. The average Bonchev–Trinajstić information content (AvgIpc) is 2.51. The summed E-state index contributed by atoms with van der Waals surface area (Å²) in [6.07, 6.45) is 6.48. The molecule has 1 nitrogen and oxygen atoms in total. The minimum Gasteiger partial charge on any atom is -0.300 e. The standard InChI is InChI=1S/C22H33N/c1-8-16(5)12-18(7)13-19(9-2)22(23)20-11-10-17(6)14-21(20)15(3)4/h9-12,14-15,18,23H,8,13H2,1-7H3/b16-12+,19-9-,23-22?. The first-order valence-corrected chi connectivity index (χ1v) is 8.82. The van der Waals surface area contributed by atoms with E-state index in [1.165, 1.54) is 16.7 Å². The fourth-order valence-corrected chi connectivity index (χ4v) is 2.93. The maximum atomic E-state index is 8.72. The first-order chi connectivity index (χ1) is 10.8. The van der Waals surface area contributed by atoms with E-state index in [2.05, 4.69) is 78.8 Å². The second kappa shape index (κ2) is 8.86. The number of hydrogen-bond donors (Lipinski definition) is 1. The Hall–Kier alpha value is -1.63. The zero-order valence-electron chi connectivity index (χ0n) is 16.0. The van der Waals surface area contributed by atoms with Crippen LogP contribution in [-0.2, 0) is 0 Å². The third-order valence-corrected chi connectivity index (χ3v) is 4.44. The van der Waals surface area contributed by atoms with Crippen molar-refractivity contribution in [3.63, 3.8) is 0 Å². The molecule has 0 saturated heterocycles. The summed E-state index contributed by atoms with van der Waals surface area (Å²) in [6, 6.07) is 6.47. The highest BCUT2D eigenvalue weighted by atomic mass is 14.4. The molecule has 1 unspecified atom stereocenters. The Labute approximate surface area is 143 Å². The molecule has 0 aromatic heterocycles. The van der Waals surface area contributed by atoms with Crippen LogP contribution < -0.4 is 0 Å². The number of nitrogens with one attached hydrogen (secondary N) is 1. The van der Waals surface area contributed by atoms with Crippen molar-refractivity contribution < 1.29 is 0 Å². The number of hydrogen-bond acceptors (Lipinski definition) is 1. The van der Waals surface area contributed by atoms with Crippen molar-refractivity contribution in [2.24, 2.45) is 5.92 Å². The van der Waals surface area contributed by atoms with Crippen LogP contribution in [0.25, 0.3) is 0 Å². The SMILES string of the molecule is C/C=C(/CC(C)/C=C(\C)CC)C(=N)c1ccc(C)cc1C(C)C. The van der Waals surface area contributed by atoms with E-state index < -0.39 is 0 Å². The minimum atomic E-state index is 0.433. The molecular formula is C22H33N. The van der Waals surface area contributed by atoms with E-state index in [1.807, 2.05) is 0 Å². The highest BCUT2D eigenvalue weighted by molar-refractivity contribution is 6.11. The Morgan fingerprint density at radius 2 is 1.87 bits per heavy atom. The van der Waals surface area contributed by atoms with E-state index >= 15 is 0 Å². The second-order valence-corrected chi connectivity index (χ2v) is 6.98. The van der Waals surface area contributed by atoms with Crippen molar-refractivity contribution in [2.45, 2.75) is 67.2 Å². The summed E-state index contributed by atoms with van der Waals surface area (Å²) in [4.78, 5) is 0. The highest BCUT2D eigenvalue weighted by Crippen LogP contribution is 2.26. The van der Waals surface area contributed by atoms with Crippen LogP contribution in [0.1, 0.15) is 77.0 Å². The lowest BCUT2D eigenvalue weighted by Crippen LogP contribution is -2.10. The van der Waals surface area contributed by atoms with Crippen molar-refractivity contribution >= 4 is 5.71 Å². The van der Waals surface area contributed by atoms with Gasteiger partial charge in [0.05, 0.1) is 5.71 Å². The van der Waals surface area contributed by atoms with Crippen LogP contribution >= 0.6 is 0 Å². The van der Waals surface area contributed by atoms with E-state index in [0.717, 1.165) is 24.0 Å². The molecule has 0 saturated carbocycles. The van der Waals surface area contributed by atoms with E-state index in [9.17, 15) is 0 Å². The Balaban J connectivity index is 3.07. The van der Waals surface area contributed by atoms with Gasteiger partial charge in [-0.3, -0.25) is 5.41 Å². The van der Waals surface area contributed by atoms with Crippen molar-refractivity contribution in [1.82, 2.24) is 0 Å². The summed E-state index contributed by atoms with van der Waals surface area (Å²) in [5.41, 5.74) is 6.89. The lowest BCUT2D eigenvalue weighted by Gasteiger charge is -2.18. The number of benzene rings is 1. The van der Waals surface area contributed by atoms with Gasteiger partial charge in [-0.25, -0.2) is 0 Å². The third kappa shape index (κ3) is 5.49. The Bertz CT molecular complexity index is 602. The molecule has 1 N–H and O–H groups in total. The Morgan fingerprint density at radius 3 is 2.39 bits per heavy atom. The Morgan fingerprint density at radius 1 is 1.22 bits per heavy atom. The van der Waals surface area contributed by atoms with Gasteiger partial charge in [-0.05, 0) is 56.6 Å². The van der Waals surface area contributed by atoms with Gasteiger partial charge in [0.15, 0.2) is 0 Å². The van der Waals surface area contributed by atoms with Crippen molar-refractivity contribution in [2.75, 3.05) is 0 Å². The van der Waals surface area contributed by atoms with Gasteiger partial charge in [0, 0.05) is 5.56 Å². The molecule has 0 aliphatic heterocycles. The van der Waals surface area contributed by atoms with Gasteiger partial charge in [0.25, 0.3) is 0 Å². The first-order valence-electron chi connectivity index (χ1n) is 8.82. The molecule has 0 aliphatic rings. The molecule has 1 aromatic rings. The predicted molar refractivity (Wildman–Crippen MR) is 104 cm³/mol. The largest absolute Gasteiger partial charge is 0.300 e. The van der Waals surface area contributed by atoms with Crippen molar-refractivity contribution in [1.29, 1.82) is 5.41 Å². The molecule has 0 bridgehead atoms.